The second-order valence-corrected chi connectivity index (χ2v) is 7.01. The Balaban J connectivity index is 1.74. The first kappa shape index (κ1) is 13.9. The van der Waals surface area contributed by atoms with Gasteiger partial charge in [-0.05, 0) is 37.8 Å². The van der Waals surface area contributed by atoms with Crippen LogP contribution < -0.4 is 0 Å². The quantitative estimate of drug-likeness (QED) is 0.842. The van der Waals surface area contributed by atoms with Crippen LogP contribution in [0.4, 0.5) is 0 Å². The normalized spacial score (nSPS) is 22.6. The van der Waals surface area contributed by atoms with Crippen molar-refractivity contribution in [3.8, 4) is 0 Å². The second kappa shape index (κ2) is 5.74. The molecule has 0 saturated carbocycles. The third-order valence-corrected chi connectivity index (χ3v) is 5.22. The van der Waals surface area contributed by atoms with Gasteiger partial charge >= 0.3 is 0 Å². The summed E-state index contributed by atoms with van der Waals surface area (Å²) in [6, 6.07) is 3.19. The highest BCUT2D eigenvalue weighted by Gasteiger charge is 2.37. The van der Waals surface area contributed by atoms with Crippen LogP contribution in [-0.4, -0.2) is 47.3 Å². The van der Waals surface area contributed by atoms with Gasteiger partial charge in [-0.1, -0.05) is 11.6 Å². The van der Waals surface area contributed by atoms with Crippen molar-refractivity contribution < 1.29 is 9.59 Å². The Morgan fingerprint density at radius 2 is 1.90 bits per heavy atom. The molecular formula is C14H17ClN2O2S. The van der Waals surface area contributed by atoms with E-state index in [0.717, 1.165) is 38.8 Å². The third-order valence-electron chi connectivity index (χ3n) is 4.00. The molecule has 0 aromatic carbocycles. The predicted molar refractivity (Wildman–Crippen MR) is 79.2 cm³/mol. The number of hydrogen-bond acceptors (Lipinski definition) is 3. The fraction of sp³-hybridized carbons (Fsp3) is 0.571. The summed E-state index contributed by atoms with van der Waals surface area (Å²) in [5.74, 6) is 0.0629. The second-order valence-electron chi connectivity index (χ2n) is 5.29. The zero-order valence-corrected chi connectivity index (χ0v) is 12.8. The van der Waals surface area contributed by atoms with Gasteiger partial charge in [-0.2, -0.15) is 0 Å². The lowest BCUT2D eigenvalue weighted by Crippen LogP contribution is -2.46. The van der Waals surface area contributed by atoms with Gasteiger partial charge in [0, 0.05) is 19.6 Å². The summed E-state index contributed by atoms with van der Waals surface area (Å²) in [6.45, 7) is 2.34. The van der Waals surface area contributed by atoms with Gasteiger partial charge in [0.15, 0.2) is 0 Å². The van der Waals surface area contributed by atoms with Crippen molar-refractivity contribution in [1.82, 2.24) is 9.80 Å². The number of halogens is 1. The Morgan fingerprint density at radius 3 is 2.55 bits per heavy atom. The molecule has 2 amide bonds. The summed E-state index contributed by atoms with van der Waals surface area (Å²) < 4.78 is 0.606. The molecule has 2 saturated heterocycles. The number of thiophene rings is 1. The van der Waals surface area contributed by atoms with Crippen LogP contribution in [-0.2, 0) is 4.79 Å². The highest BCUT2D eigenvalue weighted by atomic mass is 35.5. The zero-order valence-electron chi connectivity index (χ0n) is 11.2. The maximum Gasteiger partial charge on any atom is 0.264 e. The topological polar surface area (TPSA) is 40.6 Å². The summed E-state index contributed by atoms with van der Waals surface area (Å²) in [5.41, 5.74) is 0. The Kier molecular flexibility index (Phi) is 3.98. The van der Waals surface area contributed by atoms with Crippen LogP contribution in [0.2, 0.25) is 4.34 Å². The van der Waals surface area contributed by atoms with Gasteiger partial charge in [-0.3, -0.25) is 9.59 Å². The molecule has 2 fully saturated rings. The molecule has 3 heterocycles. The fourth-order valence-electron chi connectivity index (χ4n) is 2.99. The minimum Gasteiger partial charge on any atom is -0.341 e. The number of likely N-dealkylation sites (tertiary alicyclic amines) is 2. The summed E-state index contributed by atoms with van der Waals surface area (Å²) in [5, 5.41) is 0. The third kappa shape index (κ3) is 2.56. The van der Waals surface area contributed by atoms with E-state index in [1.807, 2.05) is 4.90 Å². The molecule has 108 valence electrons. The van der Waals surface area contributed by atoms with Crippen molar-refractivity contribution in [1.29, 1.82) is 0 Å². The monoisotopic (exact) mass is 312 g/mol. The van der Waals surface area contributed by atoms with Gasteiger partial charge in [0.05, 0.1) is 9.21 Å². The molecule has 0 radical (unpaired) electrons. The molecule has 1 atom stereocenters. The number of hydrogen-bond donors (Lipinski definition) is 0. The van der Waals surface area contributed by atoms with Gasteiger partial charge in [-0.25, -0.2) is 0 Å². The Morgan fingerprint density at radius 1 is 1.15 bits per heavy atom. The molecule has 3 rings (SSSR count). The van der Waals surface area contributed by atoms with Crippen molar-refractivity contribution in [3.05, 3.63) is 21.3 Å². The van der Waals surface area contributed by atoms with Crippen molar-refractivity contribution in [3.63, 3.8) is 0 Å². The largest absolute Gasteiger partial charge is 0.341 e. The van der Waals surface area contributed by atoms with E-state index in [4.69, 9.17) is 11.6 Å². The number of carbonyl (C=O) groups excluding carboxylic acids is 2. The standard InChI is InChI=1S/C14H17ClN2O2S/c15-12-6-5-11(20-12)14(19)17-9-3-4-10(17)13(18)16-7-1-2-8-16/h5-6,10H,1-4,7-9H2/t10-/m1/s1. The van der Waals surface area contributed by atoms with E-state index in [-0.39, 0.29) is 17.9 Å². The number of carbonyl (C=O) groups is 2. The zero-order chi connectivity index (χ0) is 14.1. The molecule has 4 nitrogen and oxygen atoms in total. The number of nitrogens with zero attached hydrogens (tertiary/aromatic N) is 2. The van der Waals surface area contributed by atoms with Crippen molar-refractivity contribution in [2.24, 2.45) is 0 Å². The molecule has 0 unspecified atom stereocenters. The molecule has 1 aromatic rings. The molecular weight excluding hydrogens is 296 g/mol. The number of rotatable bonds is 2. The highest BCUT2D eigenvalue weighted by Crippen LogP contribution is 2.27. The van der Waals surface area contributed by atoms with Gasteiger partial charge in [0.2, 0.25) is 5.91 Å². The first-order valence-electron chi connectivity index (χ1n) is 7.02. The smallest absolute Gasteiger partial charge is 0.264 e. The van der Waals surface area contributed by atoms with Gasteiger partial charge in [0.1, 0.15) is 6.04 Å². The molecule has 0 aliphatic carbocycles. The van der Waals surface area contributed by atoms with E-state index in [9.17, 15) is 9.59 Å². The van der Waals surface area contributed by atoms with E-state index >= 15 is 0 Å². The molecule has 0 N–H and O–H groups in total. The Bertz CT molecular complexity index is 525. The summed E-state index contributed by atoms with van der Waals surface area (Å²) in [6.07, 6.45) is 3.83. The average Bonchev–Trinajstić information content (AvgIpc) is 3.18. The average molecular weight is 313 g/mol. The van der Waals surface area contributed by atoms with Crippen LogP contribution in [0.3, 0.4) is 0 Å². The lowest BCUT2D eigenvalue weighted by molar-refractivity contribution is -0.134. The number of amides is 2. The first-order valence-corrected chi connectivity index (χ1v) is 8.21. The van der Waals surface area contributed by atoms with Gasteiger partial charge < -0.3 is 9.80 Å². The summed E-state index contributed by atoms with van der Waals surface area (Å²) >= 11 is 7.16. The molecule has 2 aliphatic heterocycles. The minimum absolute atomic E-state index is 0.0584. The first-order chi connectivity index (χ1) is 9.66. The maximum absolute atomic E-state index is 12.5. The van der Waals surface area contributed by atoms with Crippen molar-refractivity contribution in [2.75, 3.05) is 19.6 Å². The lowest BCUT2D eigenvalue weighted by Gasteiger charge is -2.27. The lowest BCUT2D eigenvalue weighted by atomic mass is 10.2. The molecule has 0 spiro atoms. The summed E-state index contributed by atoms with van der Waals surface area (Å²) in [7, 11) is 0. The fourth-order valence-corrected chi connectivity index (χ4v) is 3.98. The predicted octanol–water partition coefficient (Wildman–Crippen LogP) is 2.63. The van der Waals surface area contributed by atoms with E-state index < -0.39 is 0 Å². The SMILES string of the molecule is O=C([C@H]1CCCN1C(=O)c1ccc(Cl)s1)N1CCCC1. The van der Waals surface area contributed by atoms with Crippen molar-refractivity contribution >= 4 is 34.8 Å². The van der Waals surface area contributed by atoms with E-state index in [1.165, 1.54) is 11.3 Å². The van der Waals surface area contributed by atoms with E-state index in [0.29, 0.717) is 15.8 Å². The van der Waals surface area contributed by atoms with Crippen LogP contribution in [0.25, 0.3) is 0 Å². The molecule has 1 aromatic heterocycles. The molecule has 20 heavy (non-hydrogen) atoms. The maximum atomic E-state index is 12.5. The van der Waals surface area contributed by atoms with Crippen LogP contribution in [0, 0.1) is 0 Å². The van der Waals surface area contributed by atoms with Crippen LogP contribution in [0.5, 0.6) is 0 Å². The molecule has 6 heteroatoms. The highest BCUT2D eigenvalue weighted by molar-refractivity contribution is 7.17. The molecule has 2 aliphatic rings. The Hall–Kier alpha value is -1.07. The van der Waals surface area contributed by atoms with E-state index in [1.54, 1.807) is 17.0 Å². The van der Waals surface area contributed by atoms with Crippen LogP contribution in [0.1, 0.15) is 35.4 Å². The van der Waals surface area contributed by atoms with Crippen LogP contribution >= 0.6 is 22.9 Å². The molecule has 0 bridgehead atoms. The minimum atomic E-state index is -0.276. The Labute approximate surface area is 127 Å². The van der Waals surface area contributed by atoms with Crippen LogP contribution in [0.15, 0.2) is 12.1 Å². The van der Waals surface area contributed by atoms with Gasteiger partial charge in [0.25, 0.3) is 5.91 Å². The van der Waals surface area contributed by atoms with Crippen molar-refractivity contribution in [2.45, 2.75) is 31.7 Å². The van der Waals surface area contributed by atoms with E-state index in [2.05, 4.69) is 0 Å². The summed E-state index contributed by atoms with van der Waals surface area (Å²) in [4.78, 5) is 29.3. The van der Waals surface area contributed by atoms with Gasteiger partial charge in [-0.15, -0.1) is 11.3 Å².